The monoisotopic (exact) mass is 409 g/mol. The van der Waals surface area contributed by atoms with E-state index in [0.717, 1.165) is 0 Å². The predicted octanol–water partition coefficient (Wildman–Crippen LogP) is 4.48. The van der Waals surface area contributed by atoms with E-state index >= 15 is 0 Å². The second kappa shape index (κ2) is 7.21. The summed E-state index contributed by atoms with van der Waals surface area (Å²) in [6.07, 6.45) is 0.895. The van der Waals surface area contributed by atoms with Crippen molar-refractivity contribution in [2.75, 3.05) is 6.61 Å². The smallest absolute Gasteiger partial charge is 0.340 e. The van der Waals surface area contributed by atoms with E-state index in [1.54, 1.807) is 25.1 Å². The Bertz CT molecular complexity index is 886. The van der Waals surface area contributed by atoms with Crippen LogP contribution in [0.3, 0.4) is 0 Å². The molecule has 2 aliphatic rings. The van der Waals surface area contributed by atoms with E-state index in [-0.39, 0.29) is 29.3 Å². The molecule has 144 valence electrons. The number of halogens is 2. The van der Waals surface area contributed by atoms with Gasteiger partial charge in [-0.15, -0.1) is 0 Å². The average Bonchev–Trinajstić information content (AvgIpc) is 2.55. The Balaban J connectivity index is 2.20. The predicted molar refractivity (Wildman–Crippen MR) is 103 cm³/mol. The standard InChI is InChI=1S/C20H21Cl2NO4/c1-4-26-19(25)17-15(10-5-6-11(21)12(22)7-10)16-13(24)8-20(2,3)9-14(16)27-18(17)23/h5-7,15H,4,8-9,23H2,1-3H3. The molecule has 1 aromatic rings. The van der Waals surface area contributed by atoms with Crippen LogP contribution in [0.5, 0.6) is 0 Å². The average molecular weight is 410 g/mol. The number of Topliss-reactive ketones (excluding diaryl/α,β-unsaturated/α-hetero) is 1. The Kier molecular flexibility index (Phi) is 5.28. The summed E-state index contributed by atoms with van der Waals surface area (Å²) >= 11 is 12.2. The number of ether oxygens (including phenoxy) is 2. The molecule has 0 radical (unpaired) electrons. The molecule has 0 aromatic heterocycles. The molecule has 1 aromatic carbocycles. The Labute approximate surface area is 168 Å². The first-order valence-corrected chi connectivity index (χ1v) is 9.46. The fraction of sp³-hybridized carbons (Fsp3) is 0.400. The Morgan fingerprint density at radius 1 is 1.30 bits per heavy atom. The van der Waals surface area contributed by atoms with Crippen molar-refractivity contribution < 1.29 is 19.1 Å². The minimum Gasteiger partial charge on any atom is -0.462 e. The van der Waals surface area contributed by atoms with E-state index in [1.165, 1.54) is 0 Å². The van der Waals surface area contributed by atoms with Crippen LogP contribution in [0.1, 0.15) is 45.1 Å². The lowest BCUT2D eigenvalue weighted by Crippen LogP contribution is -2.35. The highest BCUT2D eigenvalue weighted by Crippen LogP contribution is 2.48. The van der Waals surface area contributed by atoms with Crippen LogP contribution in [0.4, 0.5) is 0 Å². The van der Waals surface area contributed by atoms with Crippen LogP contribution in [0, 0.1) is 5.41 Å². The van der Waals surface area contributed by atoms with Crippen molar-refractivity contribution in [1.82, 2.24) is 0 Å². The molecular weight excluding hydrogens is 389 g/mol. The van der Waals surface area contributed by atoms with Crippen LogP contribution in [0.2, 0.25) is 10.0 Å². The molecule has 0 spiro atoms. The van der Waals surface area contributed by atoms with Gasteiger partial charge in [0.1, 0.15) is 11.3 Å². The molecule has 1 aliphatic heterocycles. The van der Waals surface area contributed by atoms with E-state index < -0.39 is 11.9 Å². The number of benzene rings is 1. The van der Waals surface area contributed by atoms with Gasteiger partial charge in [0.25, 0.3) is 0 Å². The quantitative estimate of drug-likeness (QED) is 0.744. The first-order chi connectivity index (χ1) is 12.6. The number of carbonyl (C=O) groups is 2. The lowest BCUT2D eigenvalue weighted by atomic mass is 9.70. The van der Waals surface area contributed by atoms with Crippen molar-refractivity contribution in [3.63, 3.8) is 0 Å². The van der Waals surface area contributed by atoms with Crippen LogP contribution in [-0.4, -0.2) is 18.4 Å². The number of rotatable bonds is 3. The van der Waals surface area contributed by atoms with Gasteiger partial charge in [0.2, 0.25) is 5.88 Å². The maximum absolute atomic E-state index is 13.0. The largest absolute Gasteiger partial charge is 0.462 e. The summed E-state index contributed by atoms with van der Waals surface area (Å²) in [5, 5.41) is 0.709. The third-order valence-electron chi connectivity index (χ3n) is 4.73. The van der Waals surface area contributed by atoms with Gasteiger partial charge in [-0.05, 0) is 30.0 Å². The van der Waals surface area contributed by atoms with Crippen molar-refractivity contribution in [1.29, 1.82) is 0 Å². The first kappa shape index (κ1) is 19.8. The summed E-state index contributed by atoms with van der Waals surface area (Å²) in [5.41, 5.74) is 7.04. The zero-order valence-corrected chi connectivity index (χ0v) is 16.9. The summed E-state index contributed by atoms with van der Waals surface area (Å²) in [4.78, 5) is 25.6. The summed E-state index contributed by atoms with van der Waals surface area (Å²) in [7, 11) is 0. The third-order valence-corrected chi connectivity index (χ3v) is 5.47. The molecular formula is C20H21Cl2NO4. The van der Waals surface area contributed by atoms with Gasteiger partial charge in [0.05, 0.1) is 22.6 Å². The van der Waals surface area contributed by atoms with Crippen molar-refractivity contribution in [2.24, 2.45) is 11.1 Å². The Hall–Kier alpha value is -1.98. The van der Waals surface area contributed by atoms with Gasteiger partial charge in [-0.1, -0.05) is 43.1 Å². The Morgan fingerprint density at radius 3 is 2.63 bits per heavy atom. The molecule has 0 saturated heterocycles. The SMILES string of the molecule is CCOC(=O)C1=C(N)OC2=C(C(=O)CC(C)(C)C2)C1c1ccc(Cl)c(Cl)c1. The molecule has 0 amide bonds. The van der Waals surface area contributed by atoms with E-state index in [9.17, 15) is 9.59 Å². The molecule has 2 N–H and O–H groups in total. The van der Waals surface area contributed by atoms with E-state index in [0.29, 0.717) is 39.8 Å². The highest BCUT2D eigenvalue weighted by Gasteiger charge is 2.45. The van der Waals surface area contributed by atoms with Gasteiger partial charge in [-0.25, -0.2) is 4.79 Å². The van der Waals surface area contributed by atoms with Crippen LogP contribution in [0.25, 0.3) is 0 Å². The second-order valence-corrected chi connectivity index (χ2v) is 8.30. The van der Waals surface area contributed by atoms with E-state index in [4.69, 9.17) is 38.4 Å². The molecule has 0 fully saturated rings. The summed E-state index contributed by atoms with van der Waals surface area (Å²) in [6, 6.07) is 5.00. The van der Waals surface area contributed by atoms with Crippen molar-refractivity contribution >= 4 is 35.0 Å². The minimum atomic E-state index is -0.703. The second-order valence-electron chi connectivity index (χ2n) is 7.48. The summed E-state index contributed by atoms with van der Waals surface area (Å²) in [6.45, 7) is 5.86. The van der Waals surface area contributed by atoms with Crippen LogP contribution in [-0.2, 0) is 19.1 Å². The molecule has 5 nitrogen and oxygen atoms in total. The molecule has 0 saturated carbocycles. The molecule has 27 heavy (non-hydrogen) atoms. The van der Waals surface area contributed by atoms with Gasteiger partial charge in [0.15, 0.2) is 5.78 Å². The molecule has 1 aliphatic carbocycles. The zero-order valence-electron chi connectivity index (χ0n) is 15.4. The highest BCUT2D eigenvalue weighted by molar-refractivity contribution is 6.42. The van der Waals surface area contributed by atoms with E-state index in [2.05, 4.69) is 0 Å². The summed E-state index contributed by atoms with van der Waals surface area (Å²) < 4.78 is 10.9. The normalized spacial score (nSPS) is 21.7. The van der Waals surface area contributed by atoms with Crippen LogP contribution < -0.4 is 5.73 Å². The zero-order chi connectivity index (χ0) is 19.9. The lowest BCUT2D eigenvalue weighted by Gasteiger charge is -2.38. The van der Waals surface area contributed by atoms with Crippen LogP contribution in [0.15, 0.2) is 41.0 Å². The molecule has 1 unspecified atom stereocenters. The number of carbonyl (C=O) groups excluding carboxylic acids is 2. The molecule has 1 atom stereocenters. The fourth-order valence-corrected chi connectivity index (χ4v) is 3.92. The number of hydrogen-bond donors (Lipinski definition) is 1. The third kappa shape index (κ3) is 3.71. The van der Waals surface area contributed by atoms with Gasteiger partial charge >= 0.3 is 5.97 Å². The van der Waals surface area contributed by atoms with Gasteiger partial charge in [-0.3, -0.25) is 4.79 Å². The number of allylic oxidation sites excluding steroid dienone is 2. The number of hydrogen-bond acceptors (Lipinski definition) is 5. The molecule has 1 heterocycles. The highest BCUT2D eigenvalue weighted by atomic mass is 35.5. The fourth-order valence-electron chi connectivity index (χ4n) is 3.62. The maximum Gasteiger partial charge on any atom is 0.340 e. The topological polar surface area (TPSA) is 78.6 Å². The minimum absolute atomic E-state index is 0.0474. The Morgan fingerprint density at radius 2 is 2.00 bits per heavy atom. The molecule has 3 rings (SSSR count). The van der Waals surface area contributed by atoms with E-state index in [1.807, 2.05) is 13.8 Å². The first-order valence-electron chi connectivity index (χ1n) is 8.70. The summed E-state index contributed by atoms with van der Waals surface area (Å²) in [5.74, 6) is -0.945. The van der Waals surface area contributed by atoms with Crippen molar-refractivity contribution in [2.45, 2.75) is 39.5 Å². The number of ketones is 1. The lowest BCUT2D eigenvalue weighted by molar-refractivity contribution is -0.139. The molecule has 7 heteroatoms. The molecule has 0 bridgehead atoms. The van der Waals surface area contributed by atoms with Gasteiger partial charge < -0.3 is 15.2 Å². The number of nitrogens with two attached hydrogens (primary N) is 1. The number of esters is 1. The van der Waals surface area contributed by atoms with Crippen molar-refractivity contribution in [3.8, 4) is 0 Å². The van der Waals surface area contributed by atoms with Crippen LogP contribution >= 0.6 is 23.2 Å². The van der Waals surface area contributed by atoms with Gasteiger partial charge in [-0.2, -0.15) is 0 Å². The maximum atomic E-state index is 13.0. The van der Waals surface area contributed by atoms with Gasteiger partial charge in [0, 0.05) is 18.4 Å². The van der Waals surface area contributed by atoms with Crippen molar-refractivity contribution in [3.05, 3.63) is 56.6 Å².